The van der Waals surface area contributed by atoms with Crippen LogP contribution >= 0.6 is 11.6 Å². The summed E-state index contributed by atoms with van der Waals surface area (Å²) in [4.78, 5) is 31.2. The molecule has 0 spiro atoms. The summed E-state index contributed by atoms with van der Waals surface area (Å²) < 4.78 is 45.5. The monoisotopic (exact) mass is 509 g/mol. The molecular weight excluding hydrogens is 487 g/mol. The zero-order chi connectivity index (χ0) is 25.1. The highest BCUT2D eigenvalue weighted by molar-refractivity contribution is 6.29. The van der Waals surface area contributed by atoms with Gasteiger partial charge in [-0.05, 0) is 30.9 Å². The number of benzene rings is 1. The minimum Gasteiger partial charge on any atom is -0.329 e. The highest BCUT2D eigenvalue weighted by Gasteiger charge is 2.47. The molecule has 1 fully saturated rings. The molecule has 4 rings (SSSR count). The number of aromatic nitrogens is 3. The largest absolute Gasteiger partial charge is 0.524 e. The number of halogens is 4. The molecule has 2 heterocycles. The van der Waals surface area contributed by atoms with Gasteiger partial charge in [-0.1, -0.05) is 48.0 Å². The molecule has 1 unspecified atom stereocenters. The van der Waals surface area contributed by atoms with E-state index in [1.54, 1.807) is 30.3 Å². The molecule has 1 N–H and O–H groups in total. The van der Waals surface area contributed by atoms with Crippen molar-refractivity contribution in [3.63, 3.8) is 0 Å². The summed E-state index contributed by atoms with van der Waals surface area (Å²) in [5.74, 6) is -0.795. The van der Waals surface area contributed by atoms with E-state index in [2.05, 4.69) is 20.1 Å². The van der Waals surface area contributed by atoms with Gasteiger partial charge >= 0.3 is 6.36 Å². The van der Waals surface area contributed by atoms with Crippen LogP contribution in [0.1, 0.15) is 31.2 Å². The van der Waals surface area contributed by atoms with Crippen molar-refractivity contribution >= 4 is 29.0 Å². The van der Waals surface area contributed by atoms with E-state index >= 15 is 0 Å². The summed E-state index contributed by atoms with van der Waals surface area (Å²) in [5.41, 5.74) is 0.742. The molecule has 0 bridgehead atoms. The van der Waals surface area contributed by atoms with Gasteiger partial charge in [-0.2, -0.15) is 5.10 Å². The van der Waals surface area contributed by atoms with E-state index in [-0.39, 0.29) is 23.7 Å². The summed E-state index contributed by atoms with van der Waals surface area (Å²) in [6.45, 7) is 0.319. The molecule has 2 aromatic rings. The summed E-state index contributed by atoms with van der Waals surface area (Å²) in [6.07, 6.45) is 2.09. The third-order valence-electron chi connectivity index (χ3n) is 5.81. The van der Waals surface area contributed by atoms with Crippen LogP contribution in [0.3, 0.4) is 0 Å². The lowest BCUT2D eigenvalue weighted by Gasteiger charge is -2.37. The number of carbonyl (C=O) groups is 2. The lowest BCUT2D eigenvalue weighted by atomic mass is 9.92. The van der Waals surface area contributed by atoms with Crippen LogP contribution in [0.5, 0.6) is 0 Å². The van der Waals surface area contributed by atoms with E-state index < -0.39 is 29.8 Å². The molecule has 12 heteroatoms. The summed E-state index contributed by atoms with van der Waals surface area (Å²) >= 11 is 6.40. The van der Waals surface area contributed by atoms with Gasteiger partial charge in [0.05, 0.1) is 0 Å². The lowest BCUT2D eigenvalue weighted by Crippen LogP contribution is -2.53. The number of allylic oxidation sites excluding steroid dienone is 2. The molecule has 0 saturated carbocycles. The Morgan fingerprint density at radius 3 is 2.66 bits per heavy atom. The van der Waals surface area contributed by atoms with Gasteiger partial charge in [-0.15, -0.1) is 13.2 Å². The number of hydrogen-bond donors (Lipinski definition) is 1. The van der Waals surface area contributed by atoms with E-state index in [9.17, 15) is 22.8 Å². The van der Waals surface area contributed by atoms with Crippen molar-refractivity contribution in [3.8, 4) is 0 Å². The van der Waals surface area contributed by atoms with Gasteiger partial charge in [-0.3, -0.25) is 14.3 Å². The van der Waals surface area contributed by atoms with Crippen LogP contribution in [0.15, 0.2) is 60.8 Å². The fraction of sp³-hybridized carbons (Fsp3) is 0.391. The predicted octanol–water partition coefficient (Wildman–Crippen LogP) is 3.62. The van der Waals surface area contributed by atoms with Crippen molar-refractivity contribution in [2.24, 2.45) is 0 Å². The molecule has 2 aliphatic rings. The van der Waals surface area contributed by atoms with Gasteiger partial charge in [0.25, 0.3) is 0 Å². The SMILES string of the molecule is O=C(NC1=CC=C(c2ccccc2)C(Cl)(OC(F)(F)F)C1)[C@H]1CCCCN1C(=O)Cn1cncn1. The predicted molar refractivity (Wildman–Crippen MR) is 120 cm³/mol. The van der Waals surface area contributed by atoms with E-state index in [0.717, 1.165) is 12.8 Å². The number of alkyl halides is 4. The second-order valence-corrected chi connectivity index (χ2v) is 8.88. The average molecular weight is 510 g/mol. The molecule has 1 aromatic carbocycles. The number of ether oxygens (including phenoxy) is 1. The van der Waals surface area contributed by atoms with Crippen LogP contribution < -0.4 is 5.32 Å². The maximum absolute atomic E-state index is 13.3. The third-order valence-corrected chi connectivity index (χ3v) is 6.22. The van der Waals surface area contributed by atoms with Crippen molar-refractivity contribution in [2.45, 2.75) is 49.7 Å². The van der Waals surface area contributed by atoms with E-state index in [1.807, 2.05) is 0 Å². The van der Waals surface area contributed by atoms with Crippen molar-refractivity contribution in [1.82, 2.24) is 25.0 Å². The van der Waals surface area contributed by atoms with Crippen molar-refractivity contribution < 1.29 is 27.5 Å². The number of carbonyl (C=O) groups excluding carboxylic acids is 2. The number of piperidine rings is 1. The van der Waals surface area contributed by atoms with Gasteiger partial charge in [0.2, 0.25) is 11.8 Å². The summed E-state index contributed by atoms with van der Waals surface area (Å²) in [5, 5.41) is 4.30. The Morgan fingerprint density at radius 1 is 1.20 bits per heavy atom. The fourth-order valence-corrected chi connectivity index (χ4v) is 4.69. The Bertz CT molecular complexity index is 1120. The molecule has 2 amide bonds. The normalized spacial score (nSPS) is 22.9. The highest BCUT2D eigenvalue weighted by Crippen LogP contribution is 2.45. The molecule has 2 atom stereocenters. The smallest absolute Gasteiger partial charge is 0.329 e. The van der Waals surface area contributed by atoms with Crippen LogP contribution in [0, 0.1) is 0 Å². The molecule has 1 saturated heterocycles. The Labute approximate surface area is 204 Å². The molecule has 186 valence electrons. The Balaban J connectivity index is 1.53. The van der Waals surface area contributed by atoms with Gasteiger partial charge in [0, 0.05) is 24.2 Å². The number of hydrogen-bond acceptors (Lipinski definition) is 5. The van der Waals surface area contributed by atoms with Crippen molar-refractivity contribution in [1.29, 1.82) is 0 Å². The number of nitrogens with one attached hydrogen (secondary N) is 1. The third kappa shape index (κ3) is 6.09. The minimum absolute atomic E-state index is 0.0696. The molecule has 8 nitrogen and oxygen atoms in total. The number of nitrogens with zero attached hydrogens (tertiary/aromatic N) is 4. The van der Waals surface area contributed by atoms with E-state index in [4.69, 9.17) is 11.6 Å². The average Bonchev–Trinajstić information content (AvgIpc) is 3.31. The van der Waals surface area contributed by atoms with Crippen molar-refractivity contribution in [2.75, 3.05) is 6.54 Å². The standard InChI is InChI=1S/C23H23ClF3N5O3/c24-22(35-23(25,26)27)12-17(9-10-18(22)16-6-2-1-3-7-16)30-21(34)19-8-4-5-11-32(19)20(33)13-31-15-28-14-29-31/h1-3,6-7,9-10,14-15,19H,4-5,8,11-13H2,(H,30,34)/t19-,22?/m1/s1. The van der Waals surface area contributed by atoms with E-state index in [1.165, 1.54) is 34.4 Å². The van der Waals surface area contributed by atoms with Crippen LogP contribution in [-0.4, -0.2) is 55.5 Å². The van der Waals surface area contributed by atoms with Gasteiger partial charge in [0.15, 0.2) is 5.06 Å². The van der Waals surface area contributed by atoms with Gasteiger partial charge in [0.1, 0.15) is 25.2 Å². The topological polar surface area (TPSA) is 89.4 Å². The van der Waals surface area contributed by atoms with Crippen LogP contribution in [-0.2, 0) is 20.9 Å². The van der Waals surface area contributed by atoms with Gasteiger partial charge < -0.3 is 10.2 Å². The summed E-state index contributed by atoms with van der Waals surface area (Å²) in [7, 11) is 0. The molecule has 1 aliphatic heterocycles. The first-order valence-corrected chi connectivity index (χ1v) is 11.4. The molecular formula is C23H23ClF3N5O3. The maximum atomic E-state index is 13.3. The Hall–Kier alpha value is -3.18. The molecule has 1 aromatic heterocycles. The van der Waals surface area contributed by atoms with Crippen LogP contribution in [0.4, 0.5) is 13.2 Å². The zero-order valence-electron chi connectivity index (χ0n) is 18.5. The first kappa shape index (κ1) is 24.9. The fourth-order valence-electron chi connectivity index (χ4n) is 4.29. The van der Waals surface area contributed by atoms with Gasteiger partial charge in [-0.25, -0.2) is 9.67 Å². The molecule has 0 radical (unpaired) electrons. The van der Waals surface area contributed by atoms with Crippen LogP contribution in [0.2, 0.25) is 0 Å². The highest BCUT2D eigenvalue weighted by atomic mass is 35.5. The number of amides is 2. The Kier molecular flexibility index (Phi) is 7.27. The van der Waals surface area contributed by atoms with Crippen LogP contribution in [0.25, 0.3) is 5.57 Å². The first-order chi connectivity index (χ1) is 16.6. The second-order valence-electron chi connectivity index (χ2n) is 8.27. The molecule has 35 heavy (non-hydrogen) atoms. The van der Waals surface area contributed by atoms with Crippen molar-refractivity contribution in [3.05, 3.63) is 66.4 Å². The first-order valence-electron chi connectivity index (χ1n) is 11.0. The quantitative estimate of drug-likeness (QED) is 0.601. The molecule has 1 aliphatic carbocycles. The zero-order valence-corrected chi connectivity index (χ0v) is 19.3. The minimum atomic E-state index is -5.00. The van der Waals surface area contributed by atoms with E-state index in [0.29, 0.717) is 18.5 Å². The number of rotatable bonds is 6. The Morgan fingerprint density at radius 2 is 1.97 bits per heavy atom. The second kappa shape index (κ2) is 10.2. The number of likely N-dealkylation sites (tertiary alicyclic amines) is 1. The summed E-state index contributed by atoms with van der Waals surface area (Å²) in [6, 6.07) is 7.57. The maximum Gasteiger partial charge on any atom is 0.524 e. The lowest BCUT2D eigenvalue weighted by molar-refractivity contribution is -0.342.